The number of ether oxygens (including phenoxy) is 1. The zero-order valence-corrected chi connectivity index (χ0v) is 13.0. The van der Waals surface area contributed by atoms with Crippen LogP contribution in [0.25, 0.3) is 6.08 Å². The summed E-state index contributed by atoms with van der Waals surface area (Å²) in [7, 11) is 1.76. The lowest BCUT2D eigenvalue weighted by Gasteiger charge is -2.28. The van der Waals surface area contributed by atoms with Crippen molar-refractivity contribution in [3.8, 4) is 0 Å². The molecule has 4 nitrogen and oxygen atoms in total. The average molecular weight is 276 g/mol. The first-order chi connectivity index (χ1) is 9.29. The van der Waals surface area contributed by atoms with Gasteiger partial charge in [0.25, 0.3) is 0 Å². The molecular weight excluding hydrogens is 252 g/mol. The van der Waals surface area contributed by atoms with Gasteiger partial charge in [0.2, 0.25) is 0 Å². The molecule has 20 heavy (non-hydrogen) atoms. The monoisotopic (exact) mass is 276 g/mol. The van der Waals surface area contributed by atoms with Crippen molar-refractivity contribution in [2.24, 2.45) is 0 Å². The highest BCUT2D eigenvalue weighted by Gasteiger charge is 2.22. The maximum atomic E-state index is 11.9. The summed E-state index contributed by atoms with van der Waals surface area (Å²) in [6, 6.07) is 3.97. The molecule has 4 heteroatoms. The van der Waals surface area contributed by atoms with Gasteiger partial charge >= 0.3 is 6.09 Å². The fourth-order valence-corrected chi connectivity index (χ4v) is 1.55. The van der Waals surface area contributed by atoms with E-state index in [2.05, 4.69) is 4.98 Å². The Kier molecular flexibility index (Phi) is 5.74. The van der Waals surface area contributed by atoms with Gasteiger partial charge in [-0.1, -0.05) is 18.2 Å². The van der Waals surface area contributed by atoms with Crippen LogP contribution in [0.4, 0.5) is 4.79 Å². The van der Waals surface area contributed by atoms with Gasteiger partial charge in [-0.15, -0.1) is 0 Å². The molecule has 1 unspecified atom stereocenters. The summed E-state index contributed by atoms with van der Waals surface area (Å²) in [6.45, 7) is 7.60. The Balaban J connectivity index is 2.48. The third-order valence-corrected chi connectivity index (χ3v) is 2.81. The maximum absolute atomic E-state index is 11.9. The summed E-state index contributed by atoms with van der Waals surface area (Å²) in [5.74, 6) is 0. The number of amides is 1. The summed E-state index contributed by atoms with van der Waals surface area (Å²) < 4.78 is 5.34. The van der Waals surface area contributed by atoms with Gasteiger partial charge in [-0.25, -0.2) is 4.79 Å². The van der Waals surface area contributed by atoms with Crippen LogP contribution in [0, 0.1) is 0 Å². The Morgan fingerprint density at radius 2 is 2.20 bits per heavy atom. The summed E-state index contributed by atoms with van der Waals surface area (Å²) >= 11 is 0. The SMILES string of the molecule is CC(CC=Cc1cccnc1)N(C)C(=O)OC(C)(C)C. The van der Waals surface area contributed by atoms with Crippen molar-refractivity contribution < 1.29 is 9.53 Å². The quantitative estimate of drug-likeness (QED) is 0.841. The van der Waals surface area contributed by atoms with E-state index in [0.717, 1.165) is 12.0 Å². The Morgan fingerprint density at radius 3 is 2.75 bits per heavy atom. The van der Waals surface area contributed by atoms with E-state index in [4.69, 9.17) is 4.74 Å². The van der Waals surface area contributed by atoms with Crippen molar-refractivity contribution in [2.75, 3.05) is 7.05 Å². The average Bonchev–Trinajstić information content (AvgIpc) is 2.37. The largest absolute Gasteiger partial charge is 0.444 e. The Labute approximate surface area is 121 Å². The molecule has 0 aromatic carbocycles. The van der Waals surface area contributed by atoms with Crippen molar-refractivity contribution in [3.05, 3.63) is 36.2 Å². The van der Waals surface area contributed by atoms with Crippen LogP contribution in [0.15, 0.2) is 30.6 Å². The lowest BCUT2D eigenvalue weighted by molar-refractivity contribution is 0.0238. The number of nitrogens with zero attached hydrogens (tertiary/aromatic N) is 2. The number of pyridine rings is 1. The standard InChI is InChI=1S/C16H24N2O2/c1-13(18(5)15(19)20-16(2,3)4)8-6-9-14-10-7-11-17-12-14/h6-7,9-13H,8H2,1-5H3. The Hall–Kier alpha value is -1.84. The van der Waals surface area contributed by atoms with Crippen molar-refractivity contribution in [1.29, 1.82) is 0 Å². The number of hydrogen-bond acceptors (Lipinski definition) is 3. The normalized spacial score (nSPS) is 13.2. The van der Waals surface area contributed by atoms with Crippen LogP contribution < -0.4 is 0 Å². The summed E-state index contributed by atoms with van der Waals surface area (Å²) in [5.41, 5.74) is 0.594. The minimum atomic E-state index is -0.462. The lowest BCUT2D eigenvalue weighted by Crippen LogP contribution is -2.39. The van der Waals surface area contributed by atoms with Gasteiger partial charge in [0.05, 0.1) is 0 Å². The maximum Gasteiger partial charge on any atom is 0.410 e. The van der Waals surface area contributed by atoms with Gasteiger partial charge < -0.3 is 9.64 Å². The predicted molar refractivity (Wildman–Crippen MR) is 81.3 cm³/mol. The number of aromatic nitrogens is 1. The van der Waals surface area contributed by atoms with E-state index in [-0.39, 0.29) is 12.1 Å². The van der Waals surface area contributed by atoms with Gasteiger partial charge in [0.1, 0.15) is 5.60 Å². The Morgan fingerprint density at radius 1 is 1.50 bits per heavy atom. The molecule has 1 heterocycles. The zero-order chi connectivity index (χ0) is 15.2. The number of hydrogen-bond donors (Lipinski definition) is 0. The second kappa shape index (κ2) is 7.08. The van der Waals surface area contributed by atoms with Crippen LogP contribution in [-0.4, -0.2) is 34.7 Å². The van der Waals surface area contributed by atoms with E-state index in [0.29, 0.717) is 0 Å². The van der Waals surface area contributed by atoms with Gasteiger partial charge in [0, 0.05) is 25.5 Å². The van der Waals surface area contributed by atoms with Gasteiger partial charge in [-0.05, 0) is 45.7 Å². The molecule has 1 rings (SSSR count). The van der Waals surface area contributed by atoms with Crippen LogP contribution >= 0.6 is 0 Å². The van der Waals surface area contributed by atoms with Crippen molar-refractivity contribution in [1.82, 2.24) is 9.88 Å². The molecule has 0 saturated carbocycles. The van der Waals surface area contributed by atoms with Crippen LogP contribution in [0.2, 0.25) is 0 Å². The Bertz CT molecular complexity index is 449. The summed E-state index contributed by atoms with van der Waals surface area (Å²) in [6.07, 6.45) is 8.08. The van der Waals surface area contributed by atoms with Crippen molar-refractivity contribution in [2.45, 2.75) is 45.8 Å². The molecular formula is C16H24N2O2. The van der Waals surface area contributed by atoms with Crippen LogP contribution in [0.3, 0.4) is 0 Å². The second-order valence-electron chi connectivity index (χ2n) is 5.86. The molecule has 0 saturated heterocycles. The van der Waals surface area contributed by atoms with Crippen LogP contribution in [0.5, 0.6) is 0 Å². The smallest absolute Gasteiger partial charge is 0.410 e. The van der Waals surface area contributed by atoms with E-state index in [1.54, 1.807) is 24.3 Å². The van der Waals surface area contributed by atoms with Gasteiger partial charge in [0.15, 0.2) is 0 Å². The molecule has 0 bridgehead atoms. The van der Waals surface area contributed by atoms with Crippen LogP contribution in [-0.2, 0) is 4.74 Å². The third kappa shape index (κ3) is 5.87. The van der Waals surface area contributed by atoms with Crippen molar-refractivity contribution in [3.63, 3.8) is 0 Å². The molecule has 1 atom stereocenters. The third-order valence-electron chi connectivity index (χ3n) is 2.81. The highest BCUT2D eigenvalue weighted by molar-refractivity contribution is 5.68. The minimum Gasteiger partial charge on any atom is -0.444 e. The second-order valence-corrected chi connectivity index (χ2v) is 5.86. The molecule has 1 aromatic heterocycles. The predicted octanol–water partition coefficient (Wildman–Crippen LogP) is 3.74. The highest BCUT2D eigenvalue weighted by Crippen LogP contribution is 2.12. The topological polar surface area (TPSA) is 42.4 Å². The molecule has 0 aliphatic rings. The first kappa shape index (κ1) is 16.2. The first-order valence-corrected chi connectivity index (χ1v) is 6.82. The molecule has 1 amide bonds. The molecule has 0 fully saturated rings. The molecule has 0 radical (unpaired) electrons. The number of carbonyl (C=O) groups is 1. The van der Waals surface area contributed by atoms with E-state index in [9.17, 15) is 4.79 Å². The van der Waals surface area contributed by atoms with Gasteiger partial charge in [-0.2, -0.15) is 0 Å². The van der Waals surface area contributed by atoms with E-state index in [1.807, 2.05) is 52.0 Å². The molecule has 0 aliphatic heterocycles. The van der Waals surface area contributed by atoms with Crippen LogP contribution in [0.1, 0.15) is 39.7 Å². The lowest BCUT2D eigenvalue weighted by atomic mass is 10.1. The zero-order valence-electron chi connectivity index (χ0n) is 13.0. The fraction of sp³-hybridized carbons (Fsp3) is 0.500. The molecule has 110 valence electrons. The van der Waals surface area contributed by atoms with Crippen molar-refractivity contribution >= 4 is 12.2 Å². The summed E-state index contributed by atoms with van der Waals surface area (Å²) in [4.78, 5) is 17.6. The number of carbonyl (C=O) groups excluding carboxylic acids is 1. The van der Waals surface area contributed by atoms with E-state index in [1.165, 1.54) is 0 Å². The fourth-order valence-electron chi connectivity index (χ4n) is 1.55. The highest BCUT2D eigenvalue weighted by atomic mass is 16.6. The van der Waals surface area contributed by atoms with Gasteiger partial charge in [-0.3, -0.25) is 4.98 Å². The molecule has 0 spiro atoms. The van der Waals surface area contributed by atoms with E-state index >= 15 is 0 Å². The molecule has 0 aliphatic carbocycles. The molecule has 0 N–H and O–H groups in total. The summed E-state index contributed by atoms with van der Waals surface area (Å²) in [5, 5.41) is 0. The first-order valence-electron chi connectivity index (χ1n) is 6.82. The molecule has 1 aromatic rings. The minimum absolute atomic E-state index is 0.0813. The van der Waals surface area contributed by atoms with E-state index < -0.39 is 5.60 Å². The number of rotatable bonds is 4.